The predicted molar refractivity (Wildman–Crippen MR) is 72.0 cm³/mol. The second-order valence-electron chi connectivity index (χ2n) is 4.20. The fraction of sp³-hybridized carbons (Fsp3) is 0.231. The van der Waals surface area contributed by atoms with Crippen LogP contribution in [0.4, 0.5) is 10.5 Å². The van der Waals surface area contributed by atoms with Gasteiger partial charge in [-0.2, -0.15) is 0 Å². The molecule has 0 saturated heterocycles. The van der Waals surface area contributed by atoms with Crippen molar-refractivity contribution >= 4 is 23.8 Å². The van der Waals surface area contributed by atoms with Gasteiger partial charge >= 0.3 is 12.0 Å². The minimum atomic E-state index is -1.13. The van der Waals surface area contributed by atoms with Crippen molar-refractivity contribution in [2.24, 2.45) is 0 Å². The highest BCUT2D eigenvalue weighted by molar-refractivity contribution is 5.97. The van der Waals surface area contributed by atoms with Crippen molar-refractivity contribution in [1.82, 2.24) is 5.32 Å². The Morgan fingerprint density at radius 2 is 2.20 bits per heavy atom. The van der Waals surface area contributed by atoms with Crippen LogP contribution in [0.2, 0.25) is 0 Å². The summed E-state index contributed by atoms with van der Waals surface area (Å²) in [7, 11) is 1.52. The van der Waals surface area contributed by atoms with Gasteiger partial charge in [0.1, 0.15) is 18.1 Å². The molecule has 0 atom stereocenters. The van der Waals surface area contributed by atoms with Crippen molar-refractivity contribution in [1.29, 1.82) is 0 Å². The van der Waals surface area contributed by atoms with E-state index in [0.717, 1.165) is 0 Å². The molecule has 7 heteroatoms. The lowest BCUT2D eigenvalue weighted by atomic mass is 10.1. The van der Waals surface area contributed by atoms with Crippen molar-refractivity contribution < 1.29 is 24.5 Å². The number of aliphatic carboxylic acids is 1. The van der Waals surface area contributed by atoms with Crippen LogP contribution in [-0.4, -0.2) is 42.4 Å². The van der Waals surface area contributed by atoms with Crippen molar-refractivity contribution in [3.63, 3.8) is 0 Å². The number of carbonyl (C=O) groups excluding carboxylic acids is 1. The molecule has 7 nitrogen and oxygen atoms in total. The topological polar surface area (TPSA) is 99.1 Å². The van der Waals surface area contributed by atoms with Crippen LogP contribution < -0.4 is 15.0 Å². The first kappa shape index (κ1) is 13.7. The van der Waals surface area contributed by atoms with Crippen molar-refractivity contribution in [3.05, 3.63) is 29.5 Å². The first-order valence-corrected chi connectivity index (χ1v) is 5.86. The Balaban J connectivity index is 2.27. The summed E-state index contributed by atoms with van der Waals surface area (Å²) in [6, 6.07) is 4.46. The molecule has 0 fully saturated rings. The fourth-order valence-electron chi connectivity index (χ4n) is 1.92. The van der Waals surface area contributed by atoms with E-state index in [1.54, 1.807) is 24.3 Å². The van der Waals surface area contributed by atoms with Crippen molar-refractivity contribution in [2.45, 2.75) is 0 Å². The second-order valence-corrected chi connectivity index (χ2v) is 4.20. The Labute approximate surface area is 115 Å². The quantitative estimate of drug-likeness (QED) is 0.771. The first-order chi connectivity index (χ1) is 9.51. The highest BCUT2D eigenvalue weighted by Gasteiger charge is 2.24. The molecule has 0 aromatic heterocycles. The van der Waals surface area contributed by atoms with E-state index < -0.39 is 18.5 Å². The van der Waals surface area contributed by atoms with E-state index >= 15 is 0 Å². The predicted octanol–water partition coefficient (Wildman–Crippen LogP) is 1.21. The first-order valence-electron chi connectivity index (χ1n) is 5.86. The van der Waals surface area contributed by atoms with Crippen LogP contribution in [0.25, 0.3) is 6.08 Å². The van der Waals surface area contributed by atoms with Crippen LogP contribution in [0.3, 0.4) is 0 Å². The molecule has 1 aromatic rings. The maximum Gasteiger partial charge on any atom is 0.323 e. The Morgan fingerprint density at radius 1 is 1.45 bits per heavy atom. The highest BCUT2D eigenvalue weighted by atomic mass is 16.5. The van der Waals surface area contributed by atoms with Crippen LogP contribution in [0, 0.1) is 0 Å². The van der Waals surface area contributed by atoms with E-state index in [4.69, 9.17) is 9.84 Å². The Kier molecular flexibility index (Phi) is 3.79. The largest absolute Gasteiger partial charge is 0.510 e. The zero-order valence-corrected chi connectivity index (χ0v) is 10.8. The monoisotopic (exact) mass is 278 g/mol. The van der Waals surface area contributed by atoms with Gasteiger partial charge in [-0.05, 0) is 24.3 Å². The molecular weight excluding hydrogens is 264 g/mol. The van der Waals surface area contributed by atoms with Gasteiger partial charge in [-0.25, -0.2) is 4.79 Å². The van der Waals surface area contributed by atoms with Crippen molar-refractivity contribution in [3.8, 4) is 5.75 Å². The number of hydrogen-bond acceptors (Lipinski definition) is 4. The number of carboxylic acids is 1. The molecule has 1 aliphatic rings. The molecule has 0 radical (unpaired) electrons. The van der Waals surface area contributed by atoms with Gasteiger partial charge in [0, 0.05) is 5.56 Å². The minimum absolute atomic E-state index is 0.00915. The number of hydrogen-bond donors (Lipinski definition) is 3. The van der Waals surface area contributed by atoms with Gasteiger partial charge in [0.05, 0.1) is 19.3 Å². The Bertz CT molecular complexity index is 582. The summed E-state index contributed by atoms with van der Waals surface area (Å²) >= 11 is 0. The summed E-state index contributed by atoms with van der Waals surface area (Å²) in [4.78, 5) is 23.7. The number of amides is 2. The second kappa shape index (κ2) is 5.52. The third-order valence-corrected chi connectivity index (χ3v) is 2.80. The molecule has 106 valence electrons. The van der Waals surface area contributed by atoms with Crippen LogP contribution in [0.5, 0.6) is 5.75 Å². The molecule has 20 heavy (non-hydrogen) atoms. The molecule has 0 unspecified atom stereocenters. The van der Waals surface area contributed by atoms with E-state index in [0.29, 0.717) is 17.0 Å². The molecule has 2 amide bonds. The summed E-state index contributed by atoms with van der Waals surface area (Å²) in [5, 5.41) is 20.5. The van der Waals surface area contributed by atoms with Gasteiger partial charge in [0.2, 0.25) is 0 Å². The molecule has 0 spiro atoms. The van der Waals surface area contributed by atoms with E-state index in [1.165, 1.54) is 12.0 Å². The van der Waals surface area contributed by atoms with Gasteiger partial charge in [0.25, 0.3) is 0 Å². The number of benzene rings is 1. The maximum atomic E-state index is 11.9. The Hall–Kier alpha value is -2.70. The third-order valence-electron chi connectivity index (χ3n) is 2.80. The summed E-state index contributed by atoms with van der Waals surface area (Å²) in [5.74, 6) is -0.526. The zero-order chi connectivity index (χ0) is 14.7. The maximum absolute atomic E-state index is 11.9. The summed E-state index contributed by atoms with van der Waals surface area (Å²) in [6.07, 6.45) is 1.54. The van der Waals surface area contributed by atoms with E-state index in [1.807, 2.05) is 0 Å². The molecule has 1 heterocycles. The smallest absolute Gasteiger partial charge is 0.323 e. The number of methoxy groups -OCH3 is 1. The molecule has 3 N–H and O–H groups in total. The number of aliphatic hydroxyl groups excluding tert-OH is 1. The number of nitrogens with zero attached hydrogens (tertiary/aromatic N) is 1. The number of rotatable bonds is 3. The highest BCUT2D eigenvalue weighted by Crippen LogP contribution is 2.31. The Morgan fingerprint density at radius 3 is 2.85 bits per heavy atom. The van der Waals surface area contributed by atoms with Crippen LogP contribution >= 0.6 is 0 Å². The lowest BCUT2D eigenvalue weighted by molar-refractivity contribution is -0.135. The average Bonchev–Trinajstić information content (AvgIpc) is 2.42. The van der Waals surface area contributed by atoms with Gasteiger partial charge in [-0.15, -0.1) is 0 Å². The number of fused-ring (bicyclic) bond motifs is 1. The number of anilines is 1. The molecule has 1 aromatic carbocycles. The molecular formula is C13H14N2O5. The SMILES string of the molecule is COc1ccc2c(c1)C=C(O)CN2C(=O)NCC(=O)O. The average molecular weight is 278 g/mol. The molecule has 0 saturated carbocycles. The molecule has 0 aliphatic carbocycles. The molecule has 0 bridgehead atoms. The number of nitrogens with one attached hydrogen (secondary N) is 1. The summed E-state index contributed by atoms with van der Waals surface area (Å²) in [6.45, 7) is -0.490. The lowest BCUT2D eigenvalue weighted by Crippen LogP contribution is -2.44. The summed E-state index contributed by atoms with van der Waals surface area (Å²) < 4.78 is 5.08. The van der Waals surface area contributed by atoms with E-state index in [-0.39, 0.29) is 12.3 Å². The lowest BCUT2D eigenvalue weighted by Gasteiger charge is -2.27. The normalized spacial score (nSPS) is 13.2. The van der Waals surface area contributed by atoms with E-state index in [9.17, 15) is 14.7 Å². The molecule has 2 rings (SSSR count). The van der Waals surface area contributed by atoms with E-state index in [2.05, 4.69) is 5.32 Å². The van der Waals surface area contributed by atoms with Gasteiger partial charge in [-0.1, -0.05) is 0 Å². The zero-order valence-electron chi connectivity index (χ0n) is 10.8. The fourth-order valence-corrected chi connectivity index (χ4v) is 1.92. The third kappa shape index (κ3) is 2.82. The van der Waals surface area contributed by atoms with Crippen LogP contribution in [-0.2, 0) is 4.79 Å². The van der Waals surface area contributed by atoms with Crippen molar-refractivity contribution in [2.75, 3.05) is 25.1 Å². The van der Waals surface area contributed by atoms with Gasteiger partial charge < -0.3 is 20.3 Å². The number of ether oxygens (including phenoxy) is 1. The number of carbonyl (C=O) groups is 2. The van der Waals surface area contributed by atoms with Crippen LogP contribution in [0.15, 0.2) is 24.0 Å². The number of aliphatic hydroxyl groups is 1. The molecule has 1 aliphatic heterocycles. The number of urea groups is 1. The van der Waals surface area contributed by atoms with Crippen LogP contribution in [0.1, 0.15) is 5.56 Å². The van der Waals surface area contributed by atoms with Gasteiger partial charge in [0.15, 0.2) is 0 Å². The number of carboxylic acid groups (broad SMARTS) is 1. The minimum Gasteiger partial charge on any atom is -0.510 e. The standard InChI is InChI=1S/C13H14N2O5/c1-20-10-2-3-11-8(5-10)4-9(16)7-15(11)13(19)14-6-12(17)18/h2-5,16H,6-7H2,1H3,(H,14,19)(H,17,18). The van der Waals surface area contributed by atoms with Gasteiger partial charge in [-0.3, -0.25) is 9.69 Å². The summed E-state index contributed by atoms with van der Waals surface area (Å²) in [5.41, 5.74) is 1.20.